The summed E-state index contributed by atoms with van der Waals surface area (Å²) in [6, 6.07) is 2.17. The van der Waals surface area contributed by atoms with E-state index < -0.39 is 41.7 Å². The van der Waals surface area contributed by atoms with E-state index in [1.54, 1.807) is 0 Å². The van der Waals surface area contributed by atoms with Gasteiger partial charge in [-0.1, -0.05) is 11.6 Å². The Morgan fingerprint density at radius 3 is 2.29 bits per heavy atom. The molecule has 1 aromatic rings. The predicted octanol–water partition coefficient (Wildman–Crippen LogP) is 3.90. The zero-order chi connectivity index (χ0) is 18.3. The quantitative estimate of drug-likeness (QED) is 0.464. The minimum absolute atomic E-state index is 0.238. The minimum atomic E-state index is -1.03. The van der Waals surface area contributed by atoms with Crippen LogP contribution in [-0.4, -0.2) is 31.4 Å². The molecule has 1 saturated heterocycles. The van der Waals surface area contributed by atoms with Crippen LogP contribution in [0, 0.1) is 11.6 Å². The van der Waals surface area contributed by atoms with Crippen LogP contribution in [0.3, 0.4) is 0 Å². The van der Waals surface area contributed by atoms with Crippen molar-refractivity contribution in [3.63, 3.8) is 0 Å². The van der Waals surface area contributed by atoms with Gasteiger partial charge in [0.15, 0.2) is 0 Å². The topological polar surface area (TPSA) is 44.8 Å². The standard InChI is InChI=1S/C16H20BClF2O4/c1-15(2)16(3,4)24-17(23-15)9(8-12(21)22-5)13-11(19)7-6-10(18)14(13)20/h6-7,9H,8H2,1-5H3. The smallest absolute Gasteiger partial charge is 0.466 e. The van der Waals surface area contributed by atoms with Crippen molar-refractivity contribution < 1.29 is 27.6 Å². The molecule has 1 fully saturated rings. The number of rotatable bonds is 4. The summed E-state index contributed by atoms with van der Waals surface area (Å²) < 4.78 is 45.2. The Labute approximate surface area is 145 Å². The summed E-state index contributed by atoms with van der Waals surface area (Å²) >= 11 is 5.78. The van der Waals surface area contributed by atoms with Crippen LogP contribution in [0.15, 0.2) is 12.1 Å². The lowest BCUT2D eigenvalue weighted by atomic mass is 9.66. The van der Waals surface area contributed by atoms with E-state index in [1.807, 2.05) is 27.7 Å². The first-order chi connectivity index (χ1) is 11.0. The van der Waals surface area contributed by atoms with Crippen LogP contribution in [0.4, 0.5) is 8.78 Å². The summed E-state index contributed by atoms with van der Waals surface area (Å²) in [5.74, 6) is -3.41. The fraction of sp³-hybridized carbons (Fsp3) is 0.562. The summed E-state index contributed by atoms with van der Waals surface area (Å²) in [6.07, 6.45) is -0.304. The number of hydrogen-bond donors (Lipinski definition) is 0. The van der Waals surface area contributed by atoms with Crippen LogP contribution in [0.5, 0.6) is 0 Å². The SMILES string of the molecule is COC(=O)CC(B1OC(C)(C)C(C)(C)O1)c1c(F)ccc(Cl)c1F. The van der Waals surface area contributed by atoms with Gasteiger partial charge >= 0.3 is 13.1 Å². The molecule has 1 heterocycles. The number of hydrogen-bond acceptors (Lipinski definition) is 4. The summed E-state index contributed by atoms with van der Waals surface area (Å²) in [5.41, 5.74) is -1.76. The largest absolute Gasteiger partial charge is 0.469 e. The normalized spacial score (nSPS) is 20.1. The number of ether oxygens (including phenoxy) is 1. The van der Waals surface area contributed by atoms with Crippen molar-refractivity contribution in [3.8, 4) is 0 Å². The fourth-order valence-corrected chi connectivity index (χ4v) is 2.70. The summed E-state index contributed by atoms with van der Waals surface area (Å²) in [6.45, 7) is 7.25. The average Bonchev–Trinajstić information content (AvgIpc) is 2.70. The third-order valence-electron chi connectivity index (χ3n) is 4.66. The lowest BCUT2D eigenvalue weighted by Gasteiger charge is -2.32. The maximum Gasteiger partial charge on any atom is 0.466 e. The van der Waals surface area contributed by atoms with Gasteiger partial charge in [-0.2, -0.15) is 0 Å². The molecule has 132 valence electrons. The van der Waals surface area contributed by atoms with Crippen LogP contribution in [0.1, 0.15) is 45.5 Å². The molecule has 1 aromatic carbocycles. The predicted molar refractivity (Wildman–Crippen MR) is 86.8 cm³/mol. The third-order valence-corrected chi connectivity index (χ3v) is 4.96. The van der Waals surface area contributed by atoms with Crippen LogP contribution < -0.4 is 0 Å². The molecule has 1 unspecified atom stereocenters. The third kappa shape index (κ3) is 3.43. The van der Waals surface area contributed by atoms with Gasteiger partial charge in [0.1, 0.15) is 11.6 Å². The van der Waals surface area contributed by atoms with E-state index in [9.17, 15) is 13.6 Å². The molecule has 0 spiro atoms. The maximum atomic E-state index is 14.5. The summed E-state index contributed by atoms with van der Waals surface area (Å²) in [7, 11) is 0.186. The lowest BCUT2D eigenvalue weighted by Crippen LogP contribution is -2.41. The lowest BCUT2D eigenvalue weighted by molar-refractivity contribution is -0.140. The van der Waals surface area contributed by atoms with Gasteiger partial charge in [0.2, 0.25) is 0 Å². The van der Waals surface area contributed by atoms with Crippen molar-refractivity contribution in [2.24, 2.45) is 0 Å². The van der Waals surface area contributed by atoms with Gasteiger partial charge in [0.05, 0.1) is 29.8 Å². The number of carbonyl (C=O) groups is 1. The highest BCUT2D eigenvalue weighted by molar-refractivity contribution is 6.48. The van der Waals surface area contributed by atoms with Gasteiger partial charge in [0, 0.05) is 11.4 Å². The molecule has 0 aliphatic carbocycles. The Morgan fingerprint density at radius 1 is 1.25 bits per heavy atom. The Balaban J connectivity index is 2.48. The first-order valence-electron chi connectivity index (χ1n) is 7.56. The van der Waals surface area contributed by atoms with Crippen molar-refractivity contribution in [1.82, 2.24) is 0 Å². The fourth-order valence-electron chi connectivity index (χ4n) is 2.53. The Hall–Kier alpha value is -1.18. The van der Waals surface area contributed by atoms with E-state index >= 15 is 0 Å². The Bertz CT molecular complexity index is 635. The molecule has 0 amide bonds. The number of carbonyl (C=O) groups excluding carboxylic acids is 1. The highest BCUT2D eigenvalue weighted by atomic mass is 35.5. The zero-order valence-electron chi connectivity index (χ0n) is 14.3. The molecule has 0 saturated carbocycles. The second-order valence-corrected chi connectivity index (χ2v) is 7.18. The molecular formula is C16H20BClF2O4. The van der Waals surface area contributed by atoms with Gasteiger partial charge in [-0.25, -0.2) is 8.78 Å². The van der Waals surface area contributed by atoms with Crippen molar-refractivity contribution >= 4 is 24.7 Å². The first-order valence-corrected chi connectivity index (χ1v) is 7.94. The van der Waals surface area contributed by atoms with Crippen molar-refractivity contribution in [2.45, 2.75) is 51.1 Å². The van der Waals surface area contributed by atoms with Crippen molar-refractivity contribution in [3.05, 3.63) is 34.4 Å². The van der Waals surface area contributed by atoms with Gasteiger partial charge in [0.25, 0.3) is 0 Å². The molecule has 0 bridgehead atoms. The molecule has 0 aromatic heterocycles. The molecule has 24 heavy (non-hydrogen) atoms. The first kappa shape index (κ1) is 19.2. The van der Waals surface area contributed by atoms with Crippen LogP contribution in [0.2, 0.25) is 5.02 Å². The Kier molecular flexibility index (Phi) is 5.28. The van der Waals surface area contributed by atoms with Gasteiger partial charge in [-0.05, 0) is 39.8 Å². The highest BCUT2D eigenvalue weighted by Gasteiger charge is 2.55. The van der Waals surface area contributed by atoms with Gasteiger partial charge in [-0.15, -0.1) is 0 Å². The molecule has 0 radical (unpaired) electrons. The Morgan fingerprint density at radius 2 is 1.79 bits per heavy atom. The van der Waals surface area contributed by atoms with E-state index in [0.717, 1.165) is 12.1 Å². The number of methoxy groups -OCH3 is 1. The van der Waals surface area contributed by atoms with Crippen LogP contribution in [0.25, 0.3) is 0 Å². The molecule has 4 nitrogen and oxygen atoms in total. The zero-order valence-corrected chi connectivity index (χ0v) is 15.0. The molecule has 0 N–H and O–H groups in total. The molecule has 1 atom stereocenters. The van der Waals surface area contributed by atoms with Crippen molar-refractivity contribution in [1.29, 1.82) is 0 Å². The van der Waals surface area contributed by atoms with Crippen LogP contribution >= 0.6 is 11.6 Å². The average molecular weight is 361 g/mol. The van der Waals surface area contributed by atoms with Gasteiger partial charge < -0.3 is 14.0 Å². The number of esters is 1. The molecule has 2 rings (SSSR count). The van der Waals surface area contributed by atoms with Crippen molar-refractivity contribution in [2.75, 3.05) is 7.11 Å². The van der Waals surface area contributed by atoms with E-state index in [4.69, 9.17) is 20.9 Å². The second-order valence-electron chi connectivity index (χ2n) is 6.77. The van der Waals surface area contributed by atoms with E-state index in [1.165, 1.54) is 7.11 Å². The van der Waals surface area contributed by atoms with E-state index in [0.29, 0.717) is 0 Å². The van der Waals surface area contributed by atoms with Crippen LogP contribution in [-0.2, 0) is 18.8 Å². The minimum Gasteiger partial charge on any atom is -0.469 e. The molecule has 1 aliphatic rings. The van der Waals surface area contributed by atoms with E-state index in [2.05, 4.69) is 4.74 Å². The summed E-state index contributed by atoms with van der Waals surface area (Å²) in [5, 5.41) is -0.238. The number of halogens is 3. The second kappa shape index (κ2) is 6.62. The molecular weight excluding hydrogens is 340 g/mol. The monoisotopic (exact) mass is 360 g/mol. The summed E-state index contributed by atoms with van der Waals surface area (Å²) in [4.78, 5) is 11.8. The molecule has 1 aliphatic heterocycles. The van der Waals surface area contributed by atoms with Gasteiger partial charge in [-0.3, -0.25) is 4.79 Å². The highest BCUT2D eigenvalue weighted by Crippen LogP contribution is 2.43. The molecule has 8 heteroatoms. The van der Waals surface area contributed by atoms with E-state index in [-0.39, 0.29) is 17.0 Å². The number of benzene rings is 1. The maximum absolute atomic E-state index is 14.5.